The quantitative estimate of drug-likeness (QED) is 0.667. The van der Waals surface area contributed by atoms with Gasteiger partial charge in [0.1, 0.15) is 15.6 Å². The van der Waals surface area contributed by atoms with Gasteiger partial charge in [-0.05, 0) is 42.5 Å². The van der Waals surface area contributed by atoms with Crippen molar-refractivity contribution >= 4 is 44.8 Å². The lowest BCUT2D eigenvalue weighted by atomic mass is 10.1. The zero-order valence-electron chi connectivity index (χ0n) is 16.6. The topological polar surface area (TPSA) is 78.0 Å². The smallest absolute Gasteiger partial charge is 0.265 e. The van der Waals surface area contributed by atoms with Crippen LogP contribution in [-0.2, 0) is 10.0 Å². The standard InChI is InChI=1S/C20H21ClFN3O4S2/c21-16-13-14(22)3-4-15(16)19(26)23-8-10-24(11-9-23)20(27)18-17(5-12-30-18)31(28,29)25-6-1-2-7-25/h3-5,12-13H,1-2,6-11H2. The number of halogens is 2. The van der Waals surface area contributed by atoms with Crippen LogP contribution in [0.5, 0.6) is 0 Å². The molecule has 31 heavy (non-hydrogen) atoms. The molecule has 2 amide bonds. The van der Waals surface area contributed by atoms with Gasteiger partial charge in [0.05, 0.1) is 10.6 Å². The van der Waals surface area contributed by atoms with Crippen molar-refractivity contribution in [2.24, 2.45) is 0 Å². The van der Waals surface area contributed by atoms with Crippen molar-refractivity contribution in [2.45, 2.75) is 17.7 Å². The molecule has 0 N–H and O–H groups in total. The summed E-state index contributed by atoms with van der Waals surface area (Å²) < 4.78 is 40.5. The van der Waals surface area contributed by atoms with Crippen LogP contribution in [0.4, 0.5) is 4.39 Å². The molecule has 2 fully saturated rings. The Hall–Kier alpha value is -2.01. The number of carbonyl (C=O) groups is 2. The highest BCUT2D eigenvalue weighted by atomic mass is 35.5. The van der Waals surface area contributed by atoms with Crippen molar-refractivity contribution in [3.63, 3.8) is 0 Å². The first kappa shape index (κ1) is 22.2. The van der Waals surface area contributed by atoms with E-state index in [1.807, 2.05) is 0 Å². The van der Waals surface area contributed by atoms with E-state index in [2.05, 4.69) is 0 Å². The predicted molar refractivity (Wildman–Crippen MR) is 116 cm³/mol. The highest BCUT2D eigenvalue weighted by Gasteiger charge is 2.34. The molecule has 11 heteroatoms. The van der Waals surface area contributed by atoms with Crippen LogP contribution in [0.3, 0.4) is 0 Å². The van der Waals surface area contributed by atoms with Crippen molar-refractivity contribution in [3.05, 3.63) is 50.9 Å². The van der Waals surface area contributed by atoms with Gasteiger partial charge in [-0.15, -0.1) is 11.3 Å². The summed E-state index contributed by atoms with van der Waals surface area (Å²) in [7, 11) is -3.69. The van der Waals surface area contributed by atoms with Crippen molar-refractivity contribution in [1.82, 2.24) is 14.1 Å². The highest BCUT2D eigenvalue weighted by Crippen LogP contribution is 2.29. The average molecular weight is 486 g/mol. The number of piperazine rings is 1. The van der Waals surface area contributed by atoms with Gasteiger partial charge in [-0.3, -0.25) is 9.59 Å². The molecule has 2 aliphatic heterocycles. The van der Waals surface area contributed by atoms with E-state index >= 15 is 0 Å². The molecule has 2 saturated heterocycles. The third-order valence-corrected chi connectivity index (χ3v) is 8.81. The minimum absolute atomic E-state index is 0.0406. The fourth-order valence-corrected chi connectivity index (χ4v) is 6.94. The lowest BCUT2D eigenvalue weighted by Gasteiger charge is -2.35. The van der Waals surface area contributed by atoms with Gasteiger partial charge in [-0.25, -0.2) is 12.8 Å². The van der Waals surface area contributed by atoms with Crippen molar-refractivity contribution in [3.8, 4) is 0 Å². The fraction of sp³-hybridized carbons (Fsp3) is 0.400. The predicted octanol–water partition coefficient (Wildman–Crippen LogP) is 2.92. The number of amides is 2. The van der Waals surface area contributed by atoms with E-state index in [1.165, 1.54) is 22.5 Å². The van der Waals surface area contributed by atoms with Gasteiger partial charge in [0.15, 0.2) is 0 Å². The van der Waals surface area contributed by atoms with Crippen LogP contribution in [-0.4, -0.2) is 73.6 Å². The highest BCUT2D eigenvalue weighted by molar-refractivity contribution is 7.89. The van der Waals surface area contributed by atoms with Crippen LogP contribution in [0.25, 0.3) is 0 Å². The molecule has 0 bridgehead atoms. The van der Waals surface area contributed by atoms with Gasteiger partial charge in [0.25, 0.3) is 11.8 Å². The summed E-state index contributed by atoms with van der Waals surface area (Å²) >= 11 is 7.11. The lowest BCUT2D eigenvalue weighted by molar-refractivity contribution is 0.0536. The molecule has 0 saturated carbocycles. The molecule has 1 aromatic carbocycles. The van der Waals surface area contributed by atoms with Crippen molar-refractivity contribution < 1.29 is 22.4 Å². The Labute approximate surface area is 189 Å². The van der Waals surface area contributed by atoms with Gasteiger partial charge in [-0.1, -0.05) is 11.6 Å². The van der Waals surface area contributed by atoms with E-state index in [0.717, 1.165) is 30.2 Å². The first-order valence-electron chi connectivity index (χ1n) is 9.90. The minimum atomic E-state index is -3.69. The van der Waals surface area contributed by atoms with Crippen LogP contribution in [0.15, 0.2) is 34.5 Å². The third kappa shape index (κ3) is 4.34. The molecule has 0 aliphatic carbocycles. The third-order valence-electron chi connectivity index (χ3n) is 5.52. The molecule has 0 atom stereocenters. The fourth-order valence-electron chi connectivity index (χ4n) is 3.81. The Morgan fingerprint density at radius 1 is 0.935 bits per heavy atom. The number of sulfonamides is 1. The zero-order valence-corrected chi connectivity index (χ0v) is 19.0. The van der Waals surface area contributed by atoms with Gasteiger partial charge in [0, 0.05) is 39.3 Å². The van der Waals surface area contributed by atoms with E-state index in [4.69, 9.17) is 11.6 Å². The molecule has 2 aromatic rings. The minimum Gasteiger partial charge on any atom is -0.335 e. The number of hydrogen-bond donors (Lipinski definition) is 0. The van der Waals surface area contributed by atoms with E-state index < -0.39 is 15.8 Å². The summed E-state index contributed by atoms with van der Waals surface area (Å²) in [6.07, 6.45) is 1.64. The SMILES string of the molecule is O=C(c1ccc(F)cc1Cl)N1CCN(C(=O)c2sccc2S(=O)(=O)N2CCCC2)CC1. The Bertz CT molecular complexity index is 1110. The second kappa shape index (κ2) is 8.85. The molecule has 7 nitrogen and oxygen atoms in total. The van der Waals surface area contributed by atoms with Crippen LogP contribution in [0.1, 0.15) is 32.9 Å². The van der Waals surface area contributed by atoms with E-state index in [0.29, 0.717) is 13.1 Å². The average Bonchev–Trinajstić information content (AvgIpc) is 3.45. The summed E-state index contributed by atoms with van der Waals surface area (Å²) in [6.45, 7) is 2.03. The molecular weight excluding hydrogens is 465 g/mol. The van der Waals surface area contributed by atoms with Crippen LogP contribution in [0, 0.1) is 5.82 Å². The van der Waals surface area contributed by atoms with Crippen molar-refractivity contribution in [2.75, 3.05) is 39.3 Å². The van der Waals surface area contributed by atoms with Crippen LogP contribution >= 0.6 is 22.9 Å². The largest absolute Gasteiger partial charge is 0.335 e. The number of carbonyl (C=O) groups excluding carboxylic acids is 2. The number of nitrogens with zero attached hydrogens (tertiary/aromatic N) is 3. The second-order valence-corrected chi connectivity index (χ2v) is 10.7. The lowest BCUT2D eigenvalue weighted by Crippen LogP contribution is -2.50. The van der Waals surface area contributed by atoms with Gasteiger partial charge < -0.3 is 9.80 Å². The van der Waals surface area contributed by atoms with Crippen LogP contribution < -0.4 is 0 Å². The molecular formula is C20H21ClFN3O4S2. The molecule has 3 heterocycles. The summed E-state index contributed by atoms with van der Waals surface area (Å²) in [5, 5.41) is 1.66. The normalized spacial score (nSPS) is 17.9. The number of rotatable bonds is 4. The molecule has 0 radical (unpaired) electrons. The Morgan fingerprint density at radius 3 is 2.16 bits per heavy atom. The molecule has 166 valence electrons. The molecule has 1 aromatic heterocycles. The molecule has 0 spiro atoms. The van der Waals surface area contributed by atoms with Gasteiger partial charge in [0.2, 0.25) is 10.0 Å². The Balaban J connectivity index is 1.45. The van der Waals surface area contributed by atoms with E-state index in [9.17, 15) is 22.4 Å². The zero-order chi connectivity index (χ0) is 22.2. The van der Waals surface area contributed by atoms with Gasteiger partial charge >= 0.3 is 0 Å². The number of hydrogen-bond acceptors (Lipinski definition) is 5. The van der Waals surface area contributed by atoms with Gasteiger partial charge in [-0.2, -0.15) is 4.31 Å². The number of thiophene rings is 1. The Kier molecular flexibility index (Phi) is 6.34. The summed E-state index contributed by atoms with van der Waals surface area (Å²) in [5.41, 5.74) is 0.208. The van der Waals surface area contributed by atoms with Crippen molar-refractivity contribution in [1.29, 1.82) is 0 Å². The maximum Gasteiger partial charge on any atom is 0.265 e. The summed E-state index contributed by atoms with van der Waals surface area (Å²) in [6, 6.07) is 5.10. The molecule has 0 unspecified atom stereocenters. The molecule has 4 rings (SSSR count). The maximum atomic E-state index is 13.2. The number of benzene rings is 1. The monoisotopic (exact) mass is 485 g/mol. The summed E-state index contributed by atoms with van der Waals surface area (Å²) in [4.78, 5) is 29.1. The first-order valence-corrected chi connectivity index (χ1v) is 12.6. The van der Waals surface area contributed by atoms with Crippen LogP contribution in [0.2, 0.25) is 5.02 Å². The van der Waals surface area contributed by atoms with E-state index in [1.54, 1.807) is 15.2 Å². The van der Waals surface area contributed by atoms with E-state index in [-0.39, 0.29) is 58.4 Å². The Morgan fingerprint density at radius 2 is 1.55 bits per heavy atom. The maximum absolute atomic E-state index is 13.2. The first-order chi connectivity index (χ1) is 14.8. The second-order valence-electron chi connectivity index (χ2n) is 7.43. The molecule has 2 aliphatic rings. The summed E-state index contributed by atoms with van der Waals surface area (Å²) in [5.74, 6) is -1.20.